The van der Waals surface area contributed by atoms with Crippen molar-refractivity contribution in [3.05, 3.63) is 71.4 Å². The van der Waals surface area contributed by atoms with Crippen LogP contribution >= 0.6 is 0 Å². The Morgan fingerprint density at radius 3 is 2.72 bits per heavy atom. The van der Waals surface area contributed by atoms with E-state index < -0.39 is 6.10 Å². The first kappa shape index (κ1) is 17.2. The molecule has 2 unspecified atom stereocenters. The van der Waals surface area contributed by atoms with Crippen molar-refractivity contribution in [2.75, 3.05) is 0 Å². The molecule has 3 rings (SSSR count). The first-order chi connectivity index (χ1) is 12.0. The van der Waals surface area contributed by atoms with E-state index in [0.717, 1.165) is 22.0 Å². The second-order valence-electron chi connectivity index (χ2n) is 6.67. The van der Waals surface area contributed by atoms with Gasteiger partial charge in [0, 0.05) is 23.1 Å². The molecular weight excluding hydrogens is 312 g/mol. The number of fused-ring (bicyclic) bond motifs is 1. The smallest absolute Gasteiger partial charge is 0.224 e. The molecule has 1 amide bonds. The number of aliphatic hydroxyl groups is 1. The number of aliphatic hydroxyl groups excluding tert-OH is 1. The monoisotopic (exact) mass is 336 g/mol. The normalized spacial score (nSPS) is 13.6. The van der Waals surface area contributed by atoms with Gasteiger partial charge in [0.1, 0.15) is 0 Å². The van der Waals surface area contributed by atoms with Gasteiger partial charge >= 0.3 is 0 Å². The molecule has 4 nitrogen and oxygen atoms in total. The Balaban J connectivity index is 1.58. The summed E-state index contributed by atoms with van der Waals surface area (Å²) in [7, 11) is 0. The SMILES string of the molecule is Cc1ccc2c(CC(=O)NC(C)CC(O)c3ccccc3)c[nH]c2c1. The minimum atomic E-state index is -0.576. The van der Waals surface area contributed by atoms with Crippen LogP contribution in [0.3, 0.4) is 0 Å². The lowest BCUT2D eigenvalue weighted by Crippen LogP contribution is -2.34. The summed E-state index contributed by atoms with van der Waals surface area (Å²) >= 11 is 0. The lowest BCUT2D eigenvalue weighted by atomic mass is 10.0. The van der Waals surface area contributed by atoms with Gasteiger partial charge in [-0.1, -0.05) is 42.5 Å². The topological polar surface area (TPSA) is 65.1 Å². The highest BCUT2D eigenvalue weighted by Crippen LogP contribution is 2.21. The van der Waals surface area contributed by atoms with E-state index in [2.05, 4.69) is 22.4 Å². The summed E-state index contributed by atoms with van der Waals surface area (Å²) in [6.07, 6.45) is 2.14. The molecule has 25 heavy (non-hydrogen) atoms. The third-order valence-corrected chi connectivity index (χ3v) is 4.44. The average molecular weight is 336 g/mol. The van der Waals surface area contributed by atoms with Crippen LogP contribution in [-0.2, 0) is 11.2 Å². The molecule has 130 valence electrons. The maximum atomic E-state index is 12.3. The van der Waals surface area contributed by atoms with Crippen molar-refractivity contribution in [1.82, 2.24) is 10.3 Å². The molecule has 3 N–H and O–H groups in total. The van der Waals surface area contributed by atoms with Crippen LogP contribution in [0.25, 0.3) is 10.9 Å². The van der Waals surface area contributed by atoms with Crippen molar-refractivity contribution in [1.29, 1.82) is 0 Å². The number of hydrogen-bond donors (Lipinski definition) is 3. The Labute approximate surface area is 147 Å². The average Bonchev–Trinajstić information content (AvgIpc) is 2.97. The molecule has 0 spiro atoms. The summed E-state index contributed by atoms with van der Waals surface area (Å²) < 4.78 is 0. The van der Waals surface area contributed by atoms with Crippen LogP contribution in [0.15, 0.2) is 54.7 Å². The molecule has 4 heteroatoms. The van der Waals surface area contributed by atoms with E-state index in [4.69, 9.17) is 0 Å². The molecule has 0 bridgehead atoms. The quantitative estimate of drug-likeness (QED) is 0.643. The van der Waals surface area contributed by atoms with Crippen LogP contribution < -0.4 is 5.32 Å². The van der Waals surface area contributed by atoms with Crippen molar-refractivity contribution in [2.24, 2.45) is 0 Å². The molecule has 0 aliphatic heterocycles. The molecule has 3 aromatic rings. The Morgan fingerprint density at radius 1 is 1.20 bits per heavy atom. The molecule has 0 saturated carbocycles. The molecule has 0 fully saturated rings. The number of carbonyl (C=O) groups excluding carboxylic acids is 1. The molecule has 0 aliphatic carbocycles. The molecule has 0 aliphatic rings. The predicted octanol–water partition coefficient (Wildman–Crippen LogP) is 3.65. The van der Waals surface area contributed by atoms with Crippen molar-refractivity contribution in [3.8, 4) is 0 Å². The zero-order chi connectivity index (χ0) is 17.8. The molecule has 2 atom stereocenters. The Morgan fingerprint density at radius 2 is 1.96 bits per heavy atom. The van der Waals surface area contributed by atoms with Gasteiger partial charge in [-0.3, -0.25) is 4.79 Å². The summed E-state index contributed by atoms with van der Waals surface area (Å²) in [6.45, 7) is 3.97. The maximum Gasteiger partial charge on any atom is 0.224 e. The second-order valence-corrected chi connectivity index (χ2v) is 6.67. The fourth-order valence-electron chi connectivity index (χ4n) is 3.15. The highest BCUT2D eigenvalue weighted by Gasteiger charge is 2.15. The first-order valence-corrected chi connectivity index (χ1v) is 8.62. The number of H-pyrrole nitrogens is 1. The number of carbonyl (C=O) groups is 1. The lowest BCUT2D eigenvalue weighted by Gasteiger charge is -2.18. The number of rotatable bonds is 6. The van der Waals surface area contributed by atoms with Crippen LogP contribution in [0.1, 0.15) is 36.1 Å². The van der Waals surface area contributed by atoms with E-state index in [1.807, 2.05) is 56.4 Å². The second kappa shape index (κ2) is 7.53. The van der Waals surface area contributed by atoms with E-state index in [1.165, 1.54) is 5.56 Å². The Kier molecular flexibility index (Phi) is 5.19. The van der Waals surface area contributed by atoms with E-state index >= 15 is 0 Å². The van der Waals surface area contributed by atoms with E-state index in [-0.39, 0.29) is 11.9 Å². The number of aromatic nitrogens is 1. The highest BCUT2D eigenvalue weighted by atomic mass is 16.3. The van der Waals surface area contributed by atoms with E-state index in [0.29, 0.717) is 12.8 Å². The Hall–Kier alpha value is -2.59. The number of hydrogen-bond acceptors (Lipinski definition) is 2. The number of nitrogens with one attached hydrogen (secondary N) is 2. The summed E-state index contributed by atoms with van der Waals surface area (Å²) in [5, 5.41) is 14.3. The van der Waals surface area contributed by atoms with Crippen molar-refractivity contribution < 1.29 is 9.90 Å². The van der Waals surface area contributed by atoms with Crippen LogP contribution in [-0.4, -0.2) is 22.0 Å². The largest absolute Gasteiger partial charge is 0.388 e. The molecule has 0 radical (unpaired) electrons. The lowest BCUT2D eigenvalue weighted by molar-refractivity contribution is -0.121. The fraction of sp³-hybridized carbons (Fsp3) is 0.286. The van der Waals surface area contributed by atoms with Crippen molar-refractivity contribution in [3.63, 3.8) is 0 Å². The number of amides is 1. The van der Waals surface area contributed by atoms with Crippen LogP contribution in [0.5, 0.6) is 0 Å². The van der Waals surface area contributed by atoms with Gasteiger partial charge < -0.3 is 15.4 Å². The third kappa shape index (κ3) is 4.28. The van der Waals surface area contributed by atoms with Gasteiger partial charge in [-0.05, 0) is 43.0 Å². The minimum Gasteiger partial charge on any atom is -0.388 e. The number of benzene rings is 2. The molecular formula is C21H24N2O2. The Bertz CT molecular complexity index is 855. The number of aromatic amines is 1. The molecule has 0 saturated heterocycles. The standard InChI is InChI=1S/C21H24N2O2/c1-14-8-9-18-17(13-22-19(18)10-14)12-21(25)23-15(2)11-20(24)16-6-4-3-5-7-16/h3-10,13,15,20,22,24H,11-12H2,1-2H3,(H,23,25). The summed E-state index contributed by atoms with van der Waals surface area (Å²) in [4.78, 5) is 15.6. The maximum absolute atomic E-state index is 12.3. The predicted molar refractivity (Wildman–Crippen MR) is 100 cm³/mol. The van der Waals surface area contributed by atoms with Gasteiger partial charge in [0.15, 0.2) is 0 Å². The zero-order valence-electron chi connectivity index (χ0n) is 14.6. The van der Waals surface area contributed by atoms with Crippen LogP contribution in [0, 0.1) is 6.92 Å². The van der Waals surface area contributed by atoms with Gasteiger partial charge in [-0.2, -0.15) is 0 Å². The fourth-order valence-corrected chi connectivity index (χ4v) is 3.15. The van der Waals surface area contributed by atoms with Crippen molar-refractivity contribution in [2.45, 2.75) is 38.8 Å². The first-order valence-electron chi connectivity index (χ1n) is 8.62. The zero-order valence-corrected chi connectivity index (χ0v) is 14.6. The summed E-state index contributed by atoms with van der Waals surface area (Å²) in [6, 6.07) is 15.6. The number of aryl methyl sites for hydroxylation is 1. The van der Waals surface area contributed by atoms with E-state index in [9.17, 15) is 9.90 Å². The highest BCUT2D eigenvalue weighted by molar-refractivity contribution is 5.89. The van der Waals surface area contributed by atoms with Gasteiger partial charge in [0.25, 0.3) is 0 Å². The molecule has 2 aromatic carbocycles. The van der Waals surface area contributed by atoms with Gasteiger partial charge in [0.2, 0.25) is 5.91 Å². The summed E-state index contributed by atoms with van der Waals surface area (Å²) in [5.74, 6) is -0.0331. The van der Waals surface area contributed by atoms with Crippen LogP contribution in [0.2, 0.25) is 0 Å². The molecule has 1 aromatic heterocycles. The van der Waals surface area contributed by atoms with Gasteiger partial charge in [-0.25, -0.2) is 0 Å². The third-order valence-electron chi connectivity index (χ3n) is 4.44. The minimum absolute atomic E-state index is 0.0331. The van der Waals surface area contributed by atoms with Gasteiger partial charge in [0.05, 0.1) is 12.5 Å². The summed E-state index contributed by atoms with van der Waals surface area (Å²) in [5.41, 5.74) is 4.10. The molecule has 1 heterocycles. The van der Waals surface area contributed by atoms with Crippen LogP contribution in [0.4, 0.5) is 0 Å². The van der Waals surface area contributed by atoms with E-state index in [1.54, 1.807) is 0 Å². The van der Waals surface area contributed by atoms with Crippen molar-refractivity contribution >= 4 is 16.8 Å². The van der Waals surface area contributed by atoms with Gasteiger partial charge in [-0.15, -0.1) is 0 Å².